The maximum Gasteiger partial charge on any atom is 0.325 e. The van der Waals surface area contributed by atoms with E-state index < -0.39 is 12.0 Å². The summed E-state index contributed by atoms with van der Waals surface area (Å²) in [6.07, 6.45) is 1.79. The highest BCUT2D eigenvalue weighted by Crippen LogP contribution is 2.32. The van der Waals surface area contributed by atoms with Crippen LogP contribution < -0.4 is 9.64 Å². The average molecular weight is 460 g/mol. The van der Waals surface area contributed by atoms with Crippen LogP contribution in [0.15, 0.2) is 79.0 Å². The number of fused-ring (bicyclic) bond motifs is 1. The molecule has 0 saturated carbocycles. The smallest absolute Gasteiger partial charge is 0.325 e. The summed E-state index contributed by atoms with van der Waals surface area (Å²) in [7, 11) is 0. The largest absolute Gasteiger partial charge is 0.489 e. The van der Waals surface area contributed by atoms with E-state index >= 15 is 0 Å². The zero-order chi connectivity index (χ0) is 23.5. The molecule has 2 heterocycles. The minimum absolute atomic E-state index is 0.263. The van der Waals surface area contributed by atoms with E-state index in [-0.39, 0.29) is 5.82 Å². The highest BCUT2D eigenvalue weighted by Gasteiger charge is 2.32. The second kappa shape index (κ2) is 9.57. The molecule has 0 unspecified atom stereocenters. The second-order valence-electron chi connectivity index (χ2n) is 8.47. The van der Waals surface area contributed by atoms with Crippen LogP contribution in [0, 0.1) is 5.82 Å². The Hall–Kier alpha value is -3.84. The number of aromatic nitrogens is 1. The predicted molar refractivity (Wildman–Crippen MR) is 130 cm³/mol. The molecule has 4 aromatic rings. The normalized spacial score (nSPS) is 15.4. The fourth-order valence-electron chi connectivity index (χ4n) is 4.56. The number of nitrogens with one attached hydrogen (secondary N) is 1. The van der Waals surface area contributed by atoms with E-state index in [0.717, 1.165) is 33.5 Å². The number of benzene rings is 3. The zero-order valence-corrected chi connectivity index (χ0v) is 18.7. The third-order valence-electron chi connectivity index (χ3n) is 6.33. The van der Waals surface area contributed by atoms with E-state index in [2.05, 4.69) is 9.88 Å². The molecule has 34 heavy (non-hydrogen) atoms. The van der Waals surface area contributed by atoms with Crippen LogP contribution in [-0.2, 0) is 11.4 Å². The first-order valence-electron chi connectivity index (χ1n) is 11.3. The lowest BCUT2D eigenvalue weighted by molar-refractivity contribution is -0.143. The summed E-state index contributed by atoms with van der Waals surface area (Å²) in [5.41, 5.74) is 3.62. The summed E-state index contributed by atoms with van der Waals surface area (Å²) in [4.78, 5) is 19.7. The molecule has 1 fully saturated rings. The molecule has 0 bridgehead atoms. The molecule has 1 aliphatic rings. The molecular formula is C27H26FN3O3. The van der Waals surface area contributed by atoms with Gasteiger partial charge in [0.15, 0.2) is 0 Å². The fraction of sp³-hybridized carbons (Fsp3) is 0.222. The number of aliphatic carboxylic acids is 1. The standard InChI is InChI=1S/C27H26FN3O3/c28-20-6-8-21(9-7-20)30-12-14-31(15-13-30)26(27(32)33)24-17-29-25-16-22(10-11-23(24)25)34-18-19-4-2-1-3-5-19/h1-11,16-17,26,29H,12-15,18H2,(H,32,33)/t26-/m0/s1. The van der Waals surface area contributed by atoms with Gasteiger partial charge in [0.05, 0.1) is 0 Å². The summed E-state index contributed by atoms with van der Waals surface area (Å²) >= 11 is 0. The van der Waals surface area contributed by atoms with Crippen LogP contribution in [0.2, 0.25) is 0 Å². The zero-order valence-electron chi connectivity index (χ0n) is 18.7. The summed E-state index contributed by atoms with van der Waals surface area (Å²) < 4.78 is 19.2. The van der Waals surface area contributed by atoms with Crippen molar-refractivity contribution in [3.05, 3.63) is 95.9 Å². The van der Waals surface area contributed by atoms with Crippen molar-refractivity contribution in [1.29, 1.82) is 0 Å². The van der Waals surface area contributed by atoms with Crippen LogP contribution >= 0.6 is 0 Å². The highest BCUT2D eigenvalue weighted by atomic mass is 19.1. The Balaban J connectivity index is 1.30. The number of nitrogens with zero attached hydrogens (tertiary/aromatic N) is 2. The minimum atomic E-state index is -0.875. The number of carboxylic acid groups (broad SMARTS) is 1. The molecule has 174 valence electrons. The molecule has 7 heteroatoms. The number of anilines is 1. The van der Waals surface area contributed by atoms with E-state index in [1.165, 1.54) is 12.1 Å². The van der Waals surface area contributed by atoms with E-state index in [0.29, 0.717) is 32.8 Å². The SMILES string of the molecule is O=C(O)[C@H](c1c[nH]c2cc(OCc3ccccc3)ccc12)N1CCN(c2ccc(F)cc2)CC1. The Morgan fingerprint density at radius 3 is 2.44 bits per heavy atom. The number of carboxylic acids is 1. The number of ether oxygens (including phenoxy) is 1. The molecular weight excluding hydrogens is 433 g/mol. The molecule has 1 atom stereocenters. The average Bonchev–Trinajstić information content (AvgIpc) is 3.27. The number of carbonyl (C=O) groups is 1. The summed E-state index contributed by atoms with van der Waals surface area (Å²) in [5, 5.41) is 11.0. The second-order valence-corrected chi connectivity index (χ2v) is 8.47. The Kier molecular flexibility index (Phi) is 6.18. The van der Waals surface area contributed by atoms with Crippen LogP contribution in [0.25, 0.3) is 10.9 Å². The van der Waals surface area contributed by atoms with Crippen molar-refractivity contribution in [3.8, 4) is 5.75 Å². The molecule has 0 aliphatic carbocycles. The van der Waals surface area contributed by atoms with Crippen LogP contribution in [0.4, 0.5) is 10.1 Å². The van der Waals surface area contributed by atoms with Gasteiger partial charge in [-0.15, -0.1) is 0 Å². The van der Waals surface area contributed by atoms with Gasteiger partial charge in [-0.25, -0.2) is 4.39 Å². The van der Waals surface area contributed by atoms with Gasteiger partial charge in [0.1, 0.15) is 24.2 Å². The number of hydrogen-bond donors (Lipinski definition) is 2. The molecule has 6 nitrogen and oxygen atoms in total. The lowest BCUT2D eigenvalue weighted by Gasteiger charge is -2.38. The number of piperazine rings is 1. The monoisotopic (exact) mass is 459 g/mol. The Morgan fingerprint density at radius 2 is 1.74 bits per heavy atom. The molecule has 2 N–H and O–H groups in total. The number of halogens is 1. The molecule has 0 spiro atoms. The topological polar surface area (TPSA) is 68.8 Å². The first-order valence-corrected chi connectivity index (χ1v) is 11.3. The Bertz CT molecular complexity index is 1270. The van der Waals surface area contributed by atoms with E-state index in [1.54, 1.807) is 18.3 Å². The van der Waals surface area contributed by atoms with Crippen LogP contribution in [0.3, 0.4) is 0 Å². The number of H-pyrrole nitrogens is 1. The third kappa shape index (κ3) is 4.61. The number of rotatable bonds is 7. The van der Waals surface area contributed by atoms with Gasteiger partial charge in [0, 0.05) is 60.6 Å². The van der Waals surface area contributed by atoms with Gasteiger partial charge in [0.25, 0.3) is 0 Å². The maximum absolute atomic E-state index is 13.2. The van der Waals surface area contributed by atoms with Crippen LogP contribution in [-0.4, -0.2) is 47.1 Å². The maximum atomic E-state index is 13.2. The quantitative estimate of drug-likeness (QED) is 0.414. The molecule has 3 aromatic carbocycles. The van der Waals surface area contributed by atoms with Gasteiger partial charge in [-0.3, -0.25) is 9.69 Å². The molecule has 1 aromatic heterocycles. The van der Waals surface area contributed by atoms with Crippen molar-refractivity contribution in [3.63, 3.8) is 0 Å². The van der Waals surface area contributed by atoms with Crippen LogP contribution in [0.1, 0.15) is 17.2 Å². The lowest BCUT2D eigenvalue weighted by atomic mass is 10.0. The van der Waals surface area contributed by atoms with Crippen molar-refractivity contribution >= 4 is 22.6 Å². The van der Waals surface area contributed by atoms with Gasteiger partial charge in [-0.05, 0) is 42.0 Å². The molecule has 1 aliphatic heterocycles. The van der Waals surface area contributed by atoms with Crippen LogP contribution in [0.5, 0.6) is 5.75 Å². The summed E-state index contributed by atoms with van der Waals surface area (Å²) in [6, 6.07) is 21.3. The van der Waals surface area contributed by atoms with Gasteiger partial charge in [-0.1, -0.05) is 30.3 Å². The van der Waals surface area contributed by atoms with Crippen molar-refractivity contribution < 1.29 is 19.0 Å². The molecule has 1 saturated heterocycles. The first kappa shape index (κ1) is 22.0. The lowest BCUT2D eigenvalue weighted by Crippen LogP contribution is -2.49. The third-order valence-corrected chi connectivity index (χ3v) is 6.33. The number of aromatic amines is 1. The molecule has 5 rings (SSSR count). The van der Waals surface area contributed by atoms with Gasteiger partial charge >= 0.3 is 5.97 Å². The van der Waals surface area contributed by atoms with E-state index in [4.69, 9.17) is 4.74 Å². The van der Waals surface area contributed by atoms with Gasteiger partial charge < -0.3 is 19.7 Å². The molecule has 0 amide bonds. The van der Waals surface area contributed by atoms with Gasteiger partial charge in [0.2, 0.25) is 0 Å². The predicted octanol–water partition coefficient (Wildman–Crippen LogP) is 4.83. The Labute approximate surface area is 197 Å². The van der Waals surface area contributed by atoms with Crippen molar-refractivity contribution in [2.45, 2.75) is 12.6 Å². The van der Waals surface area contributed by atoms with E-state index in [9.17, 15) is 14.3 Å². The fourth-order valence-corrected chi connectivity index (χ4v) is 4.56. The van der Waals surface area contributed by atoms with Crippen molar-refractivity contribution in [1.82, 2.24) is 9.88 Å². The highest BCUT2D eigenvalue weighted by molar-refractivity contribution is 5.90. The first-order chi connectivity index (χ1) is 16.6. The summed E-state index contributed by atoms with van der Waals surface area (Å²) in [5.74, 6) is -0.411. The number of hydrogen-bond acceptors (Lipinski definition) is 4. The minimum Gasteiger partial charge on any atom is -0.489 e. The molecule has 0 radical (unpaired) electrons. The summed E-state index contributed by atoms with van der Waals surface area (Å²) in [6.45, 7) is 3.01. The van der Waals surface area contributed by atoms with E-state index in [1.807, 2.05) is 53.4 Å². The Morgan fingerprint density at radius 1 is 1.00 bits per heavy atom. The van der Waals surface area contributed by atoms with Gasteiger partial charge in [-0.2, -0.15) is 0 Å². The van der Waals surface area contributed by atoms with Crippen molar-refractivity contribution in [2.75, 3.05) is 31.1 Å². The van der Waals surface area contributed by atoms with Crippen molar-refractivity contribution in [2.24, 2.45) is 0 Å².